The molecular weight excluding hydrogens is 192 g/mol. The van der Waals surface area contributed by atoms with Crippen LogP contribution in [-0.4, -0.2) is 12.4 Å². The van der Waals surface area contributed by atoms with E-state index in [-0.39, 0.29) is 0 Å². The second-order valence-corrected chi connectivity index (χ2v) is 4.07. The van der Waals surface area contributed by atoms with Crippen molar-refractivity contribution in [1.29, 1.82) is 0 Å². The zero-order valence-electron chi connectivity index (χ0n) is 9.13. The largest absolute Gasteiger partial charge is 0.493 e. The number of thiol groups is 1. The van der Waals surface area contributed by atoms with Gasteiger partial charge in [-0.3, -0.25) is 0 Å². The third-order valence-electron chi connectivity index (χ3n) is 2.35. The standard InChI is InChI=1S/C12H18OS/c1-9-7-11(3)12(8-10(9)2)13-5-4-6-14/h7-8,14H,4-6H2,1-3H3. The lowest BCUT2D eigenvalue weighted by atomic mass is 10.1. The van der Waals surface area contributed by atoms with Crippen LogP contribution >= 0.6 is 12.6 Å². The molecule has 2 heteroatoms. The molecule has 1 rings (SSSR count). The molecule has 0 aliphatic heterocycles. The number of hydrogen-bond donors (Lipinski definition) is 1. The Balaban J connectivity index is 2.72. The maximum absolute atomic E-state index is 5.66. The first-order valence-corrected chi connectivity index (χ1v) is 5.60. The van der Waals surface area contributed by atoms with Crippen LogP contribution in [0.2, 0.25) is 0 Å². The molecule has 0 amide bonds. The van der Waals surface area contributed by atoms with Crippen LogP contribution in [0.5, 0.6) is 5.75 Å². The maximum Gasteiger partial charge on any atom is 0.122 e. The molecule has 0 aromatic heterocycles. The van der Waals surface area contributed by atoms with Crippen molar-refractivity contribution in [2.75, 3.05) is 12.4 Å². The Kier molecular flexibility index (Phi) is 4.33. The summed E-state index contributed by atoms with van der Waals surface area (Å²) >= 11 is 4.15. The zero-order valence-corrected chi connectivity index (χ0v) is 10.0. The lowest BCUT2D eigenvalue weighted by molar-refractivity contribution is 0.316. The van der Waals surface area contributed by atoms with Crippen molar-refractivity contribution < 1.29 is 4.74 Å². The topological polar surface area (TPSA) is 9.23 Å². The highest BCUT2D eigenvalue weighted by atomic mass is 32.1. The van der Waals surface area contributed by atoms with Crippen LogP contribution in [-0.2, 0) is 0 Å². The normalized spacial score (nSPS) is 10.3. The van der Waals surface area contributed by atoms with Crippen LogP contribution < -0.4 is 4.74 Å². The molecule has 0 unspecified atom stereocenters. The first-order valence-electron chi connectivity index (χ1n) is 4.96. The first kappa shape index (κ1) is 11.4. The van der Waals surface area contributed by atoms with Crippen molar-refractivity contribution in [3.05, 3.63) is 28.8 Å². The predicted molar refractivity (Wildman–Crippen MR) is 64.6 cm³/mol. The lowest BCUT2D eigenvalue weighted by Gasteiger charge is -2.11. The van der Waals surface area contributed by atoms with Crippen LogP contribution in [0.4, 0.5) is 0 Å². The fraction of sp³-hybridized carbons (Fsp3) is 0.500. The quantitative estimate of drug-likeness (QED) is 0.592. The van der Waals surface area contributed by atoms with Gasteiger partial charge in [0.2, 0.25) is 0 Å². The molecule has 0 heterocycles. The van der Waals surface area contributed by atoms with Crippen LogP contribution in [0.1, 0.15) is 23.1 Å². The van der Waals surface area contributed by atoms with Gasteiger partial charge in [-0.2, -0.15) is 12.6 Å². The van der Waals surface area contributed by atoms with Crippen molar-refractivity contribution in [3.8, 4) is 5.75 Å². The van der Waals surface area contributed by atoms with Crippen molar-refractivity contribution in [2.24, 2.45) is 0 Å². The van der Waals surface area contributed by atoms with E-state index in [4.69, 9.17) is 4.74 Å². The predicted octanol–water partition coefficient (Wildman–Crippen LogP) is 3.31. The SMILES string of the molecule is Cc1cc(C)c(OCCCS)cc1C. The second-order valence-electron chi connectivity index (χ2n) is 3.63. The summed E-state index contributed by atoms with van der Waals surface area (Å²) in [4.78, 5) is 0. The fourth-order valence-corrected chi connectivity index (χ4v) is 1.47. The van der Waals surface area contributed by atoms with E-state index < -0.39 is 0 Å². The van der Waals surface area contributed by atoms with Crippen molar-refractivity contribution >= 4 is 12.6 Å². The summed E-state index contributed by atoms with van der Waals surface area (Å²) in [6, 6.07) is 4.29. The molecule has 0 saturated carbocycles. The van der Waals surface area contributed by atoms with E-state index >= 15 is 0 Å². The molecule has 0 spiro atoms. The van der Waals surface area contributed by atoms with Crippen LogP contribution in [0.25, 0.3) is 0 Å². The van der Waals surface area contributed by atoms with Crippen LogP contribution in [0, 0.1) is 20.8 Å². The van der Waals surface area contributed by atoms with Gasteiger partial charge in [0.1, 0.15) is 5.75 Å². The van der Waals surface area contributed by atoms with Gasteiger partial charge in [-0.1, -0.05) is 6.07 Å². The summed E-state index contributed by atoms with van der Waals surface area (Å²) in [6.07, 6.45) is 0.996. The smallest absolute Gasteiger partial charge is 0.122 e. The highest BCUT2D eigenvalue weighted by Crippen LogP contribution is 2.22. The minimum Gasteiger partial charge on any atom is -0.493 e. The first-order chi connectivity index (χ1) is 6.65. The molecule has 1 aromatic carbocycles. The number of ether oxygens (including phenoxy) is 1. The Bertz CT molecular complexity index is 307. The number of benzene rings is 1. The molecule has 0 saturated heterocycles. The van der Waals surface area contributed by atoms with Gasteiger partial charge in [0.25, 0.3) is 0 Å². The lowest BCUT2D eigenvalue weighted by Crippen LogP contribution is -2.00. The molecule has 0 N–H and O–H groups in total. The average molecular weight is 210 g/mol. The van der Waals surface area contributed by atoms with Gasteiger partial charge in [-0.15, -0.1) is 0 Å². The number of rotatable bonds is 4. The van der Waals surface area contributed by atoms with E-state index in [0.29, 0.717) is 0 Å². The molecule has 14 heavy (non-hydrogen) atoms. The van der Waals surface area contributed by atoms with Gasteiger partial charge in [0.05, 0.1) is 6.61 Å². The summed E-state index contributed by atoms with van der Waals surface area (Å²) in [5, 5.41) is 0. The summed E-state index contributed by atoms with van der Waals surface area (Å²) in [5.74, 6) is 1.89. The summed E-state index contributed by atoms with van der Waals surface area (Å²) in [6.45, 7) is 7.08. The molecule has 0 fully saturated rings. The highest BCUT2D eigenvalue weighted by molar-refractivity contribution is 7.80. The van der Waals surface area contributed by atoms with Gasteiger partial charge in [0.15, 0.2) is 0 Å². The Morgan fingerprint density at radius 1 is 1.07 bits per heavy atom. The van der Waals surface area contributed by atoms with E-state index in [1.165, 1.54) is 16.7 Å². The monoisotopic (exact) mass is 210 g/mol. The van der Waals surface area contributed by atoms with Crippen molar-refractivity contribution in [2.45, 2.75) is 27.2 Å². The third kappa shape index (κ3) is 2.95. The minimum atomic E-state index is 0.757. The van der Waals surface area contributed by atoms with Gasteiger partial charge in [-0.05, 0) is 55.7 Å². The van der Waals surface area contributed by atoms with E-state index in [2.05, 4.69) is 45.5 Å². The Labute approximate surface area is 91.9 Å². The second kappa shape index (κ2) is 5.30. The molecule has 1 nitrogen and oxygen atoms in total. The maximum atomic E-state index is 5.66. The summed E-state index contributed by atoms with van der Waals surface area (Å²) in [5.41, 5.74) is 3.83. The van der Waals surface area contributed by atoms with E-state index in [0.717, 1.165) is 24.5 Å². The number of hydrogen-bond acceptors (Lipinski definition) is 2. The Morgan fingerprint density at radius 3 is 2.36 bits per heavy atom. The van der Waals surface area contributed by atoms with Gasteiger partial charge in [-0.25, -0.2) is 0 Å². The van der Waals surface area contributed by atoms with E-state index in [1.807, 2.05) is 0 Å². The van der Waals surface area contributed by atoms with E-state index in [9.17, 15) is 0 Å². The van der Waals surface area contributed by atoms with Gasteiger partial charge < -0.3 is 4.74 Å². The van der Waals surface area contributed by atoms with E-state index in [1.54, 1.807) is 0 Å². The van der Waals surface area contributed by atoms with Gasteiger partial charge in [0, 0.05) is 0 Å². The molecule has 78 valence electrons. The molecule has 0 bridgehead atoms. The molecule has 0 aliphatic carbocycles. The van der Waals surface area contributed by atoms with Gasteiger partial charge >= 0.3 is 0 Å². The third-order valence-corrected chi connectivity index (χ3v) is 2.67. The molecule has 1 aromatic rings. The number of aryl methyl sites for hydroxylation is 3. The van der Waals surface area contributed by atoms with Crippen molar-refractivity contribution in [3.63, 3.8) is 0 Å². The summed E-state index contributed by atoms with van der Waals surface area (Å²) in [7, 11) is 0. The molecular formula is C12H18OS. The average Bonchev–Trinajstić information content (AvgIpc) is 2.14. The Morgan fingerprint density at radius 2 is 1.71 bits per heavy atom. The van der Waals surface area contributed by atoms with Crippen LogP contribution in [0.15, 0.2) is 12.1 Å². The van der Waals surface area contributed by atoms with Crippen LogP contribution in [0.3, 0.4) is 0 Å². The summed E-state index contributed by atoms with van der Waals surface area (Å²) < 4.78 is 5.66. The molecule has 0 atom stereocenters. The van der Waals surface area contributed by atoms with Crippen molar-refractivity contribution in [1.82, 2.24) is 0 Å². The minimum absolute atomic E-state index is 0.757. The Hall–Kier alpha value is -0.630. The highest BCUT2D eigenvalue weighted by Gasteiger charge is 2.02. The zero-order chi connectivity index (χ0) is 10.6. The molecule has 0 radical (unpaired) electrons. The molecule has 0 aliphatic rings. The fourth-order valence-electron chi connectivity index (χ4n) is 1.34.